The molecule has 0 radical (unpaired) electrons. The molecule has 0 saturated heterocycles. The first-order valence-electron chi connectivity index (χ1n) is 5.16. The van der Waals surface area contributed by atoms with E-state index in [1.165, 1.54) is 25.7 Å². The highest BCUT2D eigenvalue weighted by Crippen LogP contribution is 2.21. The SMILES string of the molecule is CCC(C)CCC1C=CC=CC1. The second kappa shape index (κ2) is 5.18. The summed E-state index contributed by atoms with van der Waals surface area (Å²) in [6, 6.07) is 0. The van der Waals surface area contributed by atoms with Gasteiger partial charge in [-0.25, -0.2) is 0 Å². The summed E-state index contributed by atoms with van der Waals surface area (Å²) in [5.41, 5.74) is 0. The van der Waals surface area contributed by atoms with E-state index >= 15 is 0 Å². The van der Waals surface area contributed by atoms with E-state index in [1.54, 1.807) is 0 Å². The molecule has 0 saturated carbocycles. The van der Waals surface area contributed by atoms with E-state index in [2.05, 4.69) is 38.2 Å². The molecule has 68 valence electrons. The van der Waals surface area contributed by atoms with Crippen LogP contribution in [0.4, 0.5) is 0 Å². The summed E-state index contributed by atoms with van der Waals surface area (Å²) in [5, 5.41) is 0. The van der Waals surface area contributed by atoms with Crippen molar-refractivity contribution in [3.63, 3.8) is 0 Å². The average Bonchev–Trinajstić information content (AvgIpc) is 2.16. The van der Waals surface area contributed by atoms with Gasteiger partial charge in [-0.15, -0.1) is 0 Å². The Morgan fingerprint density at radius 2 is 2.25 bits per heavy atom. The molecule has 0 heterocycles. The van der Waals surface area contributed by atoms with E-state index in [1.807, 2.05) is 0 Å². The van der Waals surface area contributed by atoms with Crippen LogP contribution in [-0.2, 0) is 0 Å². The highest BCUT2D eigenvalue weighted by atomic mass is 14.1. The fraction of sp³-hybridized carbons (Fsp3) is 0.667. The van der Waals surface area contributed by atoms with Gasteiger partial charge < -0.3 is 0 Å². The first kappa shape index (κ1) is 9.57. The Hall–Kier alpha value is -0.520. The van der Waals surface area contributed by atoms with Crippen molar-refractivity contribution < 1.29 is 0 Å². The number of hydrogen-bond donors (Lipinski definition) is 0. The van der Waals surface area contributed by atoms with Gasteiger partial charge in [0.15, 0.2) is 0 Å². The standard InChI is InChI=1S/C12H20/c1-3-11(2)9-10-12-7-5-4-6-8-12/h4-7,11-12H,3,8-10H2,1-2H3. The predicted octanol–water partition coefficient (Wildman–Crippen LogP) is 3.95. The van der Waals surface area contributed by atoms with Crippen molar-refractivity contribution in [1.29, 1.82) is 0 Å². The summed E-state index contributed by atoms with van der Waals surface area (Å²) in [7, 11) is 0. The quantitative estimate of drug-likeness (QED) is 0.590. The minimum Gasteiger partial charge on any atom is -0.0840 e. The van der Waals surface area contributed by atoms with Crippen molar-refractivity contribution in [3.8, 4) is 0 Å². The molecule has 12 heavy (non-hydrogen) atoms. The average molecular weight is 164 g/mol. The minimum atomic E-state index is 0.823. The van der Waals surface area contributed by atoms with E-state index in [4.69, 9.17) is 0 Å². The normalized spacial score (nSPS) is 24.3. The molecular formula is C12H20. The third kappa shape index (κ3) is 3.25. The monoisotopic (exact) mass is 164 g/mol. The topological polar surface area (TPSA) is 0 Å². The first-order valence-corrected chi connectivity index (χ1v) is 5.16. The molecule has 2 atom stereocenters. The molecule has 1 rings (SSSR count). The molecular weight excluding hydrogens is 144 g/mol. The van der Waals surface area contributed by atoms with Gasteiger partial charge in [0.05, 0.1) is 0 Å². The minimum absolute atomic E-state index is 0.823. The van der Waals surface area contributed by atoms with Gasteiger partial charge in [-0.05, 0) is 24.7 Å². The molecule has 0 amide bonds. The van der Waals surface area contributed by atoms with Crippen LogP contribution >= 0.6 is 0 Å². The van der Waals surface area contributed by atoms with Crippen LogP contribution in [0.3, 0.4) is 0 Å². The molecule has 0 nitrogen and oxygen atoms in total. The molecule has 0 aliphatic heterocycles. The zero-order valence-electron chi connectivity index (χ0n) is 8.29. The van der Waals surface area contributed by atoms with Crippen LogP contribution in [0.25, 0.3) is 0 Å². The van der Waals surface area contributed by atoms with Gasteiger partial charge in [0.2, 0.25) is 0 Å². The van der Waals surface area contributed by atoms with E-state index in [9.17, 15) is 0 Å². The molecule has 2 unspecified atom stereocenters. The third-order valence-corrected chi connectivity index (χ3v) is 2.80. The Balaban J connectivity index is 2.15. The zero-order chi connectivity index (χ0) is 8.81. The van der Waals surface area contributed by atoms with E-state index in [0.717, 1.165) is 11.8 Å². The number of rotatable bonds is 4. The van der Waals surface area contributed by atoms with Crippen LogP contribution in [-0.4, -0.2) is 0 Å². The largest absolute Gasteiger partial charge is 0.0840 e. The summed E-state index contributed by atoms with van der Waals surface area (Å²) >= 11 is 0. The second-order valence-corrected chi connectivity index (χ2v) is 3.90. The van der Waals surface area contributed by atoms with Crippen LogP contribution in [0.2, 0.25) is 0 Å². The summed E-state index contributed by atoms with van der Waals surface area (Å²) in [6.45, 7) is 4.63. The highest BCUT2D eigenvalue weighted by molar-refractivity contribution is 5.10. The lowest BCUT2D eigenvalue weighted by Crippen LogP contribution is -2.01. The summed E-state index contributed by atoms with van der Waals surface area (Å²) in [6.07, 6.45) is 14.3. The van der Waals surface area contributed by atoms with Crippen molar-refractivity contribution >= 4 is 0 Å². The van der Waals surface area contributed by atoms with Crippen molar-refractivity contribution in [1.82, 2.24) is 0 Å². The summed E-state index contributed by atoms with van der Waals surface area (Å²) in [4.78, 5) is 0. The fourth-order valence-electron chi connectivity index (χ4n) is 1.55. The molecule has 0 N–H and O–H groups in total. The maximum atomic E-state index is 2.35. The molecule has 0 aromatic rings. The van der Waals surface area contributed by atoms with Crippen LogP contribution in [0.15, 0.2) is 24.3 Å². The molecule has 1 aliphatic rings. The third-order valence-electron chi connectivity index (χ3n) is 2.80. The van der Waals surface area contributed by atoms with Gasteiger partial charge in [-0.3, -0.25) is 0 Å². The van der Waals surface area contributed by atoms with Crippen LogP contribution < -0.4 is 0 Å². The molecule has 0 aromatic carbocycles. The number of hydrogen-bond acceptors (Lipinski definition) is 0. The van der Waals surface area contributed by atoms with Crippen LogP contribution in [0, 0.1) is 11.8 Å². The smallest absolute Gasteiger partial charge is 0.0196 e. The summed E-state index contributed by atoms with van der Waals surface area (Å²) in [5.74, 6) is 1.73. The van der Waals surface area contributed by atoms with E-state index in [0.29, 0.717) is 0 Å². The van der Waals surface area contributed by atoms with Crippen molar-refractivity contribution in [2.45, 2.75) is 39.5 Å². The molecule has 0 heteroatoms. The van der Waals surface area contributed by atoms with Gasteiger partial charge in [0, 0.05) is 0 Å². The lowest BCUT2D eigenvalue weighted by atomic mass is 9.91. The molecule has 0 fully saturated rings. The lowest BCUT2D eigenvalue weighted by Gasteiger charge is -2.15. The predicted molar refractivity (Wildman–Crippen MR) is 55.1 cm³/mol. The lowest BCUT2D eigenvalue weighted by molar-refractivity contribution is 0.446. The van der Waals surface area contributed by atoms with Gasteiger partial charge in [-0.1, -0.05) is 51.0 Å². The Morgan fingerprint density at radius 3 is 2.83 bits per heavy atom. The first-order chi connectivity index (χ1) is 5.83. The maximum absolute atomic E-state index is 2.35. The Kier molecular flexibility index (Phi) is 4.13. The van der Waals surface area contributed by atoms with Crippen molar-refractivity contribution in [2.24, 2.45) is 11.8 Å². The van der Waals surface area contributed by atoms with Crippen LogP contribution in [0.1, 0.15) is 39.5 Å². The zero-order valence-corrected chi connectivity index (χ0v) is 8.29. The fourth-order valence-corrected chi connectivity index (χ4v) is 1.55. The number of allylic oxidation sites excluding steroid dienone is 4. The van der Waals surface area contributed by atoms with Gasteiger partial charge in [0.25, 0.3) is 0 Å². The Labute approximate surface area is 76.4 Å². The molecule has 0 bridgehead atoms. The molecule has 0 aromatic heterocycles. The van der Waals surface area contributed by atoms with Gasteiger partial charge in [0.1, 0.15) is 0 Å². The van der Waals surface area contributed by atoms with E-state index < -0.39 is 0 Å². The van der Waals surface area contributed by atoms with Crippen molar-refractivity contribution in [3.05, 3.63) is 24.3 Å². The molecule has 0 spiro atoms. The maximum Gasteiger partial charge on any atom is -0.0196 e. The second-order valence-electron chi connectivity index (χ2n) is 3.90. The van der Waals surface area contributed by atoms with Crippen molar-refractivity contribution in [2.75, 3.05) is 0 Å². The van der Waals surface area contributed by atoms with Gasteiger partial charge in [-0.2, -0.15) is 0 Å². The highest BCUT2D eigenvalue weighted by Gasteiger charge is 2.06. The van der Waals surface area contributed by atoms with Crippen LogP contribution in [0.5, 0.6) is 0 Å². The molecule has 1 aliphatic carbocycles. The summed E-state index contributed by atoms with van der Waals surface area (Å²) < 4.78 is 0. The Bertz CT molecular complexity index is 165. The van der Waals surface area contributed by atoms with Gasteiger partial charge >= 0.3 is 0 Å². The Morgan fingerprint density at radius 1 is 1.42 bits per heavy atom. The van der Waals surface area contributed by atoms with E-state index in [-0.39, 0.29) is 0 Å².